The van der Waals surface area contributed by atoms with Gasteiger partial charge in [0.2, 0.25) is 11.8 Å². The van der Waals surface area contributed by atoms with Crippen LogP contribution < -0.4 is 5.32 Å². The number of carbonyl (C=O) groups excluding carboxylic acids is 2. The summed E-state index contributed by atoms with van der Waals surface area (Å²) in [5, 5.41) is 3.06. The molecule has 4 rings (SSSR count). The highest BCUT2D eigenvalue weighted by atomic mass is 79.9. The predicted molar refractivity (Wildman–Crippen MR) is 161 cm³/mol. The highest BCUT2D eigenvalue weighted by Gasteiger charge is 2.32. The molecule has 0 aromatic heterocycles. The molecule has 1 N–H and O–H groups in total. The number of nitrogens with one attached hydrogen (secondary N) is 1. The highest BCUT2D eigenvalue weighted by Crippen LogP contribution is 2.30. The Balaban J connectivity index is 1.72. The van der Waals surface area contributed by atoms with E-state index in [9.17, 15) is 9.59 Å². The maximum atomic E-state index is 14.3. The van der Waals surface area contributed by atoms with Gasteiger partial charge in [0, 0.05) is 36.3 Å². The van der Waals surface area contributed by atoms with Gasteiger partial charge >= 0.3 is 0 Å². The summed E-state index contributed by atoms with van der Waals surface area (Å²) in [5.74, 6) is -0.304. The third-order valence-electron chi connectivity index (χ3n) is 6.84. The number of halogens is 1. The van der Waals surface area contributed by atoms with Crippen LogP contribution in [0.1, 0.15) is 47.9 Å². The summed E-state index contributed by atoms with van der Waals surface area (Å²) in [6.45, 7) is 2.94. The van der Waals surface area contributed by atoms with Crippen molar-refractivity contribution in [3.05, 3.63) is 142 Å². The van der Waals surface area contributed by atoms with Crippen molar-refractivity contribution in [1.82, 2.24) is 10.2 Å². The molecule has 0 aliphatic carbocycles. The summed E-state index contributed by atoms with van der Waals surface area (Å²) in [4.78, 5) is 29.7. The lowest BCUT2D eigenvalue weighted by Gasteiger charge is -2.33. The van der Waals surface area contributed by atoms with E-state index in [0.717, 1.165) is 33.1 Å². The van der Waals surface area contributed by atoms with Crippen molar-refractivity contribution >= 4 is 27.7 Å². The zero-order valence-corrected chi connectivity index (χ0v) is 23.9. The fraction of sp³-hybridized carbons (Fsp3) is 0.235. The topological polar surface area (TPSA) is 49.4 Å². The Morgan fingerprint density at radius 1 is 0.769 bits per heavy atom. The molecule has 0 radical (unpaired) electrons. The fourth-order valence-electron chi connectivity index (χ4n) is 4.84. The number of amides is 2. The van der Waals surface area contributed by atoms with E-state index in [2.05, 4.69) is 45.5 Å². The van der Waals surface area contributed by atoms with E-state index in [4.69, 9.17) is 0 Å². The average molecular weight is 584 g/mol. The van der Waals surface area contributed by atoms with Crippen LogP contribution in [-0.4, -0.2) is 29.3 Å². The zero-order chi connectivity index (χ0) is 27.5. The second-order valence-electron chi connectivity index (χ2n) is 9.73. The molecule has 0 aliphatic rings. The smallest absolute Gasteiger partial charge is 0.243 e. The fourth-order valence-corrected chi connectivity index (χ4v) is 5.29. The van der Waals surface area contributed by atoms with Gasteiger partial charge in [-0.15, -0.1) is 0 Å². The van der Waals surface area contributed by atoms with Crippen molar-refractivity contribution in [1.29, 1.82) is 0 Å². The van der Waals surface area contributed by atoms with Crippen LogP contribution in [0.5, 0.6) is 0 Å². The summed E-state index contributed by atoms with van der Waals surface area (Å²) in [6, 6.07) is 37.5. The van der Waals surface area contributed by atoms with Gasteiger partial charge in [-0.1, -0.05) is 126 Å². The van der Waals surface area contributed by atoms with E-state index in [1.165, 1.54) is 0 Å². The molecule has 0 aliphatic heterocycles. The lowest BCUT2D eigenvalue weighted by molar-refractivity contribution is -0.141. The third-order valence-corrected chi connectivity index (χ3v) is 7.34. The van der Waals surface area contributed by atoms with Crippen LogP contribution in [0.2, 0.25) is 0 Å². The largest absolute Gasteiger partial charge is 0.354 e. The Morgan fingerprint density at radius 2 is 1.33 bits per heavy atom. The van der Waals surface area contributed by atoms with E-state index in [-0.39, 0.29) is 24.2 Å². The van der Waals surface area contributed by atoms with Gasteiger partial charge in [-0.25, -0.2) is 0 Å². The van der Waals surface area contributed by atoms with Crippen molar-refractivity contribution < 1.29 is 9.59 Å². The molecule has 0 fully saturated rings. The number of hydrogen-bond donors (Lipinski definition) is 1. The van der Waals surface area contributed by atoms with Gasteiger partial charge in [0.25, 0.3) is 0 Å². The molecule has 0 heterocycles. The highest BCUT2D eigenvalue weighted by molar-refractivity contribution is 9.10. The molecule has 5 heteroatoms. The van der Waals surface area contributed by atoms with E-state index in [0.29, 0.717) is 19.5 Å². The summed E-state index contributed by atoms with van der Waals surface area (Å²) >= 11 is 3.56. The zero-order valence-electron chi connectivity index (χ0n) is 22.3. The van der Waals surface area contributed by atoms with E-state index in [1.54, 1.807) is 4.90 Å². The number of benzene rings is 4. The molecular formula is C34H35BrN2O2. The lowest BCUT2D eigenvalue weighted by atomic mass is 9.87. The normalized spacial score (nSPS) is 11.7. The minimum atomic E-state index is -0.641. The molecule has 0 bridgehead atoms. The second kappa shape index (κ2) is 14.5. The molecule has 4 nitrogen and oxygen atoms in total. The quantitative estimate of drug-likeness (QED) is 0.193. The van der Waals surface area contributed by atoms with Crippen LogP contribution in [0.4, 0.5) is 0 Å². The van der Waals surface area contributed by atoms with Gasteiger partial charge in [0.1, 0.15) is 6.04 Å². The number of nitrogens with zero attached hydrogens (tertiary/aromatic N) is 1. The van der Waals surface area contributed by atoms with Gasteiger partial charge in [0.15, 0.2) is 0 Å². The molecule has 2 amide bonds. The van der Waals surface area contributed by atoms with Gasteiger partial charge in [0.05, 0.1) is 0 Å². The minimum absolute atomic E-state index is 0.0553. The first kappa shape index (κ1) is 28.3. The Labute approximate surface area is 240 Å². The Morgan fingerprint density at radius 3 is 1.90 bits per heavy atom. The van der Waals surface area contributed by atoms with E-state index < -0.39 is 6.04 Å². The van der Waals surface area contributed by atoms with Crippen LogP contribution in [-0.2, 0) is 22.6 Å². The molecule has 39 heavy (non-hydrogen) atoms. The molecule has 0 spiro atoms. The van der Waals surface area contributed by atoms with Gasteiger partial charge in [-0.2, -0.15) is 0 Å². The number of hydrogen-bond acceptors (Lipinski definition) is 2. The Kier molecular flexibility index (Phi) is 10.5. The first-order valence-electron chi connectivity index (χ1n) is 13.5. The summed E-state index contributed by atoms with van der Waals surface area (Å²) in [7, 11) is 0. The Hall–Kier alpha value is -3.70. The SMILES string of the molecule is CCCNC(=O)[C@@H](Cc1ccccc1)N(Cc1cccc(Br)c1)C(=O)CC(c1ccccc1)c1ccccc1. The van der Waals surface area contributed by atoms with Gasteiger partial charge < -0.3 is 10.2 Å². The van der Waals surface area contributed by atoms with Crippen molar-refractivity contribution in [3.63, 3.8) is 0 Å². The predicted octanol–water partition coefficient (Wildman–Crippen LogP) is 7.14. The van der Waals surface area contributed by atoms with E-state index >= 15 is 0 Å². The van der Waals surface area contributed by atoms with Gasteiger partial charge in [-0.3, -0.25) is 9.59 Å². The van der Waals surface area contributed by atoms with E-state index in [1.807, 2.05) is 97.9 Å². The average Bonchev–Trinajstić information content (AvgIpc) is 2.97. The molecule has 1 atom stereocenters. The Bertz CT molecular complexity index is 1290. The maximum absolute atomic E-state index is 14.3. The molecule has 0 unspecified atom stereocenters. The van der Waals surface area contributed by atoms with Crippen LogP contribution in [0, 0.1) is 0 Å². The monoisotopic (exact) mass is 582 g/mol. The maximum Gasteiger partial charge on any atom is 0.243 e. The van der Waals surface area contributed by atoms with Gasteiger partial charge in [-0.05, 0) is 40.8 Å². The van der Waals surface area contributed by atoms with Crippen LogP contribution in [0.3, 0.4) is 0 Å². The summed E-state index contributed by atoms with van der Waals surface area (Å²) in [6.07, 6.45) is 1.53. The lowest BCUT2D eigenvalue weighted by Crippen LogP contribution is -2.50. The van der Waals surface area contributed by atoms with Crippen LogP contribution in [0.15, 0.2) is 120 Å². The van der Waals surface area contributed by atoms with Crippen molar-refractivity contribution in [2.45, 2.75) is 44.7 Å². The molecule has 0 saturated carbocycles. The van der Waals surface area contributed by atoms with Crippen LogP contribution >= 0.6 is 15.9 Å². The standard InChI is InChI=1S/C34H35BrN2O2/c1-2-21-36-34(39)32(23-26-13-6-3-7-14-26)37(25-27-15-12-20-30(35)22-27)33(38)24-31(28-16-8-4-9-17-28)29-18-10-5-11-19-29/h3-20,22,31-32H,2,21,23-25H2,1H3,(H,36,39)/t32-/m1/s1. The minimum Gasteiger partial charge on any atom is -0.354 e. The first-order chi connectivity index (χ1) is 19.0. The molecule has 0 saturated heterocycles. The molecular weight excluding hydrogens is 548 g/mol. The van der Waals surface area contributed by atoms with Crippen LogP contribution in [0.25, 0.3) is 0 Å². The summed E-state index contributed by atoms with van der Waals surface area (Å²) in [5.41, 5.74) is 4.14. The molecule has 200 valence electrons. The summed E-state index contributed by atoms with van der Waals surface area (Å²) < 4.78 is 0.939. The van der Waals surface area contributed by atoms with Crippen molar-refractivity contribution in [3.8, 4) is 0 Å². The molecule has 4 aromatic rings. The van der Waals surface area contributed by atoms with Crippen molar-refractivity contribution in [2.24, 2.45) is 0 Å². The number of carbonyl (C=O) groups is 2. The molecule has 4 aromatic carbocycles. The third kappa shape index (κ3) is 8.14. The van der Waals surface area contributed by atoms with Crippen molar-refractivity contribution in [2.75, 3.05) is 6.54 Å². The number of rotatable bonds is 12. The first-order valence-corrected chi connectivity index (χ1v) is 14.3. The second-order valence-corrected chi connectivity index (χ2v) is 10.6.